The highest BCUT2D eigenvalue weighted by Gasteiger charge is 2.14. The Morgan fingerprint density at radius 2 is 2.07 bits per heavy atom. The number of hydrazine groups is 1. The molecule has 0 amide bonds. The first-order valence-electron chi connectivity index (χ1n) is 3.97. The summed E-state index contributed by atoms with van der Waals surface area (Å²) in [5.41, 5.74) is 8.37. The summed E-state index contributed by atoms with van der Waals surface area (Å²) in [6.45, 7) is 0. The lowest BCUT2D eigenvalue weighted by molar-refractivity contribution is 0.0696. The van der Waals surface area contributed by atoms with Crippen LogP contribution in [0.2, 0.25) is 0 Å². The number of carbonyl (C=O) groups is 1. The van der Waals surface area contributed by atoms with Gasteiger partial charge in [0.2, 0.25) is 0 Å². The standard InChI is InChI=1S/C8H11N5O2/c9-4-1-2-5(8(14)15)6(3-4)7(12-10)13-11/h1-3H,9-11H2,(H,12,13)(H,14,15). The van der Waals surface area contributed by atoms with E-state index in [2.05, 4.69) is 10.5 Å². The number of hydrazone groups is 1. The van der Waals surface area contributed by atoms with Crippen molar-refractivity contribution >= 4 is 17.5 Å². The Bertz CT molecular complexity index is 415. The van der Waals surface area contributed by atoms with Crippen LogP contribution in [0.5, 0.6) is 0 Å². The van der Waals surface area contributed by atoms with Crippen LogP contribution in [-0.4, -0.2) is 16.9 Å². The molecule has 0 radical (unpaired) electrons. The van der Waals surface area contributed by atoms with Crippen LogP contribution in [0.4, 0.5) is 5.69 Å². The van der Waals surface area contributed by atoms with E-state index >= 15 is 0 Å². The van der Waals surface area contributed by atoms with Gasteiger partial charge in [0, 0.05) is 11.3 Å². The second-order valence-corrected chi connectivity index (χ2v) is 2.73. The molecule has 0 atom stereocenters. The maximum Gasteiger partial charge on any atom is 0.336 e. The van der Waals surface area contributed by atoms with Crippen molar-refractivity contribution in [3.05, 3.63) is 29.3 Å². The number of anilines is 1. The third-order valence-corrected chi connectivity index (χ3v) is 1.79. The van der Waals surface area contributed by atoms with E-state index in [1.54, 1.807) is 0 Å². The van der Waals surface area contributed by atoms with Crippen molar-refractivity contribution in [1.29, 1.82) is 0 Å². The molecule has 0 saturated carbocycles. The van der Waals surface area contributed by atoms with Gasteiger partial charge in [0.15, 0.2) is 5.84 Å². The minimum absolute atomic E-state index is 0.0198. The highest BCUT2D eigenvalue weighted by molar-refractivity contribution is 6.07. The molecule has 0 bridgehead atoms. The Balaban J connectivity index is 3.36. The molecule has 80 valence electrons. The zero-order valence-electron chi connectivity index (χ0n) is 7.77. The number of rotatable bonds is 2. The van der Waals surface area contributed by atoms with E-state index in [1.165, 1.54) is 18.2 Å². The largest absolute Gasteiger partial charge is 0.478 e. The van der Waals surface area contributed by atoms with Crippen molar-refractivity contribution < 1.29 is 9.90 Å². The summed E-state index contributed by atoms with van der Waals surface area (Å²) in [7, 11) is 0. The predicted octanol–water partition coefficient (Wildman–Crippen LogP) is -0.949. The highest BCUT2D eigenvalue weighted by atomic mass is 16.4. The van der Waals surface area contributed by atoms with Crippen LogP contribution in [0.15, 0.2) is 23.3 Å². The predicted molar refractivity (Wildman–Crippen MR) is 55.9 cm³/mol. The molecule has 7 nitrogen and oxygen atoms in total. The average Bonchev–Trinajstić information content (AvgIpc) is 2.19. The monoisotopic (exact) mass is 209 g/mol. The van der Waals surface area contributed by atoms with Gasteiger partial charge >= 0.3 is 5.97 Å². The summed E-state index contributed by atoms with van der Waals surface area (Å²) >= 11 is 0. The third kappa shape index (κ3) is 2.15. The first kappa shape index (κ1) is 10.8. The second kappa shape index (κ2) is 4.29. The second-order valence-electron chi connectivity index (χ2n) is 2.73. The van der Waals surface area contributed by atoms with E-state index in [0.29, 0.717) is 5.69 Å². The Hall–Kier alpha value is -2.28. The van der Waals surface area contributed by atoms with Gasteiger partial charge in [0.05, 0.1) is 5.56 Å². The summed E-state index contributed by atoms with van der Waals surface area (Å²) in [5.74, 6) is 9.13. The van der Waals surface area contributed by atoms with Crippen LogP contribution >= 0.6 is 0 Å². The van der Waals surface area contributed by atoms with Crippen LogP contribution in [0, 0.1) is 0 Å². The molecule has 0 saturated heterocycles. The molecule has 1 aromatic rings. The van der Waals surface area contributed by atoms with E-state index < -0.39 is 5.97 Å². The van der Waals surface area contributed by atoms with Crippen molar-refractivity contribution in [3.8, 4) is 0 Å². The fourth-order valence-electron chi connectivity index (χ4n) is 1.13. The number of benzene rings is 1. The lowest BCUT2D eigenvalue weighted by Gasteiger charge is -2.08. The lowest BCUT2D eigenvalue weighted by Crippen LogP contribution is -2.33. The number of hydrogen-bond donors (Lipinski definition) is 5. The molecular formula is C8H11N5O2. The van der Waals surface area contributed by atoms with Gasteiger partial charge in [-0.1, -0.05) is 0 Å². The van der Waals surface area contributed by atoms with Crippen LogP contribution in [-0.2, 0) is 0 Å². The third-order valence-electron chi connectivity index (χ3n) is 1.79. The number of carboxylic acid groups (broad SMARTS) is 1. The number of nitrogens with two attached hydrogens (primary N) is 3. The Labute approximate surface area is 85.5 Å². The molecule has 0 aliphatic carbocycles. The molecule has 0 aromatic heterocycles. The Morgan fingerprint density at radius 1 is 1.40 bits per heavy atom. The molecular weight excluding hydrogens is 198 g/mol. The topological polar surface area (TPSA) is 140 Å². The van der Waals surface area contributed by atoms with Gasteiger partial charge in [-0.25, -0.2) is 10.6 Å². The van der Waals surface area contributed by atoms with Gasteiger partial charge in [-0.3, -0.25) is 0 Å². The van der Waals surface area contributed by atoms with Gasteiger partial charge < -0.3 is 22.1 Å². The van der Waals surface area contributed by atoms with Crippen LogP contribution in [0.3, 0.4) is 0 Å². The SMILES string of the molecule is N/N=C(\NN)c1cc(N)ccc1C(=O)O. The van der Waals surface area contributed by atoms with Gasteiger partial charge in [0.1, 0.15) is 0 Å². The zero-order chi connectivity index (χ0) is 11.4. The molecule has 0 spiro atoms. The maximum atomic E-state index is 10.9. The first-order valence-corrected chi connectivity index (χ1v) is 3.97. The number of nitrogens with one attached hydrogen (secondary N) is 1. The van der Waals surface area contributed by atoms with E-state index in [4.69, 9.17) is 22.5 Å². The molecule has 0 heterocycles. The maximum absolute atomic E-state index is 10.9. The van der Waals surface area contributed by atoms with Crippen LogP contribution < -0.4 is 22.8 Å². The summed E-state index contributed by atoms with van der Waals surface area (Å²) in [6, 6.07) is 4.25. The van der Waals surface area contributed by atoms with Crippen molar-refractivity contribution in [1.82, 2.24) is 5.43 Å². The van der Waals surface area contributed by atoms with Gasteiger partial charge in [-0.15, -0.1) is 0 Å². The number of nitrogens with zero attached hydrogens (tertiary/aromatic N) is 1. The average molecular weight is 209 g/mol. The molecule has 1 aromatic carbocycles. The molecule has 0 aliphatic heterocycles. The Kier molecular flexibility index (Phi) is 3.09. The van der Waals surface area contributed by atoms with Crippen LogP contribution in [0.1, 0.15) is 15.9 Å². The summed E-state index contributed by atoms with van der Waals surface area (Å²) in [6.07, 6.45) is 0. The highest BCUT2D eigenvalue weighted by Crippen LogP contribution is 2.13. The van der Waals surface area contributed by atoms with Gasteiger partial charge in [-0.05, 0) is 18.2 Å². The Morgan fingerprint density at radius 3 is 2.53 bits per heavy atom. The van der Waals surface area contributed by atoms with E-state index in [-0.39, 0.29) is 17.0 Å². The number of carboxylic acids is 1. The fourth-order valence-corrected chi connectivity index (χ4v) is 1.13. The smallest absolute Gasteiger partial charge is 0.336 e. The summed E-state index contributed by atoms with van der Waals surface area (Å²) in [5, 5.41) is 12.2. The summed E-state index contributed by atoms with van der Waals surface area (Å²) < 4.78 is 0. The summed E-state index contributed by atoms with van der Waals surface area (Å²) in [4.78, 5) is 10.9. The van der Waals surface area contributed by atoms with Gasteiger partial charge in [0.25, 0.3) is 0 Å². The number of aromatic carboxylic acids is 1. The van der Waals surface area contributed by atoms with Crippen molar-refractivity contribution in [2.75, 3.05) is 5.73 Å². The van der Waals surface area contributed by atoms with Crippen molar-refractivity contribution in [2.45, 2.75) is 0 Å². The molecule has 0 unspecified atom stereocenters. The van der Waals surface area contributed by atoms with Crippen molar-refractivity contribution in [2.24, 2.45) is 16.8 Å². The van der Waals surface area contributed by atoms with Crippen molar-refractivity contribution in [3.63, 3.8) is 0 Å². The molecule has 0 aliphatic rings. The quantitative estimate of drug-likeness (QED) is 0.140. The van der Waals surface area contributed by atoms with Crippen LogP contribution in [0.25, 0.3) is 0 Å². The number of amidine groups is 1. The fraction of sp³-hybridized carbons (Fsp3) is 0. The minimum Gasteiger partial charge on any atom is -0.478 e. The molecule has 8 N–H and O–H groups in total. The number of nitrogen functional groups attached to an aromatic ring is 1. The molecule has 1 rings (SSSR count). The normalized spacial score (nSPS) is 11.1. The van der Waals surface area contributed by atoms with E-state index in [0.717, 1.165) is 0 Å². The number of hydrogen-bond acceptors (Lipinski definition) is 5. The first-order chi connectivity index (χ1) is 7.10. The molecule has 0 fully saturated rings. The minimum atomic E-state index is -1.11. The van der Waals surface area contributed by atoms with Gasteiger partial charge in [-0.2, -0.15) is 5.10 Å². The molecule has 15 heavy (non-hydrogen) atoms. The lowest BCUT2D eigenvalue weighted by atomic mass is 10.1. The van der Waals surface area contributed by atoms with E-state index in [1.807, 2.05) is 0 Å². The molecule has 7 heteroatoms. The zero-order valence-corrected chi connectivity index (χ0v) is 7.77. The van der Waals surface area contributed by atoms with E-state index in [9.17, 15) is 4.79 Å².